The van der Waals surface area contributed by atoms with Gasteiger partial charge < -0.3 is 10.1 Å². The Labute approximate surface area is 106 Å². The van der Waals surface area contributed by atoms with E-state index in [2.05, 4.69) is 40.3 Å². The third-order valence-electron chi connectivity index (χ3n) is 3.35. The minimum atomic E-state index is 0.673. The van der Waals surface area contributed by atoms with Gasteiger partial charge in [-0.15, -0.1) is 0 Å². The van der Waals surface area contributed by atoms with Crippen LogP contribution < -0.4 is 10.1 Å². The van der Waals surface area contributed by atoms with Crippen LogP contribution in [0.4, 0.5) is 0 Å². The Hall–Kier alpha value is -0.540. The molecule has 88 valence electrons. The summed E-state index contributed by atoms with van der Waals surface area (Å²) in [5.74, 6) is 1.66. The van der Waals surface area contributed by atoms with Crippen LogP contribution in [0.15, 0.2) is 16.6 Å². The van der Waals surface area contributed by atoms with Crippen LogP contribution in [-0.4, -0.2) is 20.2 Å². The Bertz CT molecular complexity index is 372. The van der Waals surface area contributed by atoms with Crippen LogP contribution in [0.1, 0.15) is 29.9 Å². The molecule has 1 heterocycles. The fourth-order valence-corrected chi connectivity index (χ4v) is 2.74. The number of ether oxygens (including phenoxy) is 1. The van der Waals surface area contributed by atoms with Gasteiger partial charge in [0.25, 0.3) is 0 Å². The van der Waals surface area contributed by atoms with E-state index in [0.29, 0.717) is 5.92 Å². The van der Waals surface area contributed by atoms with E-state index in [-0.39, 0.29) is 0 Å². The fraction of sp³-hybridized carbons (Fsp3) is 0.538. The molecule has 0 unspecified atom stereocenters. The summed E-state index contributed by atoms with van der Waals surface area (Å²) in [5.41, 5.74) is 2.58. The van der Waals surface area contributed by atoms with E-state index in [1.807, 2.05) is 0 Å². The van der Waals surface area contributed by atoms with Crippen LogP contribution in [0.25, 0.3) is 0 Å². The number of halogens is 1. The van der Waals surface area contributed by atoms with E-state index >= 15 is 0 Å². The van der Waals surface area contributed by atoms with E-state index < -0.39 is 0 Å². The molecule has 1 aromatic carbocycles. The number of piperidine rings is 1. The van der Waals surface area contributed by atoms with E-state index in [0.717, 1.165) is 23.3 Å². The van der Waals surface area contributed by atoms with Gasteiger partial charge >= 0.3 is 0 Å². The normalized spacial score (nSPS) is 17.4. The topological polar surface area (TPSA) is 21.3 Å². The van der Waals surface area contributed by atoms with Crippen LogP contribution in [0, 0.1) is 6.92 Å². The highest BCUT2D eigenvalue weighted by molar-refractivity contribution is 9.10. The first-order valence-electron chi connectivity index (χ1n) is 5.77. The lowest BCUT2D eigenvalue weighted by Crippen LogP contribution is -2.26. The van der Waals surface area contributed by atoms with Crippen molar-refractivity contribution in [1.82, 2.24) is 5.32 Å². The molecule has 1 aliphatic heterocycles. The van der Waals surface area contributed by atoms with Gasteiger partial charge in [0.15, 0.2) is 0 Å². The van der Waals surface area contributed by atoms with E-state index in [1.165, 1.54) is 24.0 Å². The zero-order valence-corrected chi connectivity index (χ0v) is 11.4. The molecule has 0 radical (unpaired) electrons. The lowest BCUT2D eigenvalue weighted by Gasteiger charge is -2.24. The van der Waals surface area contributed by atoms with Gasteiger partial charge in [-0.3, -0.25) is 0 Å². The zero-order chi connectivity index (χ0) is 11.5. The summed E-state index contributed by atoms with van der Waals surface area (Å²) in [6, 6.07) is 4.43. The van der Waals surface area contributed by atoms with E-state index in [9.17, 15) is 0 Å². The summed E-state index contributed by atoms with van der Waals surface area (Å²) in [6.07, 6.45) is 2.44. The summed E-state index contributed by atoms with van der Waals surface area (Å²) in [6.45, 7) is 4.33. The largest absolute Gasteiger partial charge is 0.496 e. The molecule has 1 saturated heterocycles. The van der Waals surface area contributed by atoms with Crippen molar-refractivity contribution in [3.05, 3.63) is 27.7 Å². The molecule has 16 heavy (non-hydrogen) atoms. The van der Waals surface area contributed by atoms with Crippen LogP contribution in [0.2, 0.25) is 0 Å². The first-order valence-corrected chi connectivity index (χ1v) is 6.56. The summed E-state index contributed by atoms with van der Waals surface area (Å²) >= 11 is 3.61. The first kappa shape index (κ1) is 11.9. The maximum absolute atomic E-state index is 5.41. The minimum Gasteiger partial charge on any atom is -0.496 e. The molecule has 1 aliphatic rings. The molecular formula is C13H18BrNO. The Morgan fingerprint density at radius 1 is 1.31 bits per heavy atom. The molecule has 0 aromatic heterocycles. The van der Waals surface area contributed by atoms with Crippen molar-refractivity contribution in [3.63, 3.8) is 0 Å². The van der Waals surface area contributed by atoms with Crippen molar-refractivity contribution in [2.45, 2.75) is 25.7 Å². The Morgan fingerprint density at radius 3 is 2.62 bits per heavy atom. The van der Waals surface area contributed by atoms with Crippen LogP contribution in [-0.2, 0) is 0 Å². The highest BCUT2D eigenvalue weighted by Gasteiger charge is 2.17. The van der Waals surface area contributed by atoms with Gasteiger partial charge in [0.2, 0.25) is 0 Å². The first-order chi connectivity index (χ1) is 7.72. The van der Waals surface area contributed by atoms with Crippen molar-refractivity contribution in [2.24, 2.45) is 0 Å². The van der Waals surface area contributed by atoms with Crippen LogP contribution >= 0.6 is 15.9 Å². The minimum absolute atomic E-state index is 0.673. The van der Waals surface area contributed by atoms with Gasteiger partial charge in [-0.2, -0.15) is 0 Å². The molecule has 0 amide bonds. The highest BCUT2D eigenvalue weighted by Crippen LogP contribution is 2.34. The van der Waals surface area contributed by atoms with E-state index in [1.54, 1.807) is 7.11 Å². The summed E-state index contributed by atoms with van der Waals surface area (Å²) in [4.78, 5) is 0. The summed E-state index contributed by atoms with van der Waals surface area (Å²) < 4.78 is 6.56. The van der Waals surface area contributed by atoms with Gasteiger partial charge in [-0.1, -0.05) is 15.9 Å². The van der Waals surface area contributed by atoms with Crippen LogP contribution in [0.3, 0.4) is 0 Å². The molecule has 0 spiro atoms. The number of benzene rings is 1. The second kappa shape index (κ2) is 5.19. The summed E-state index contributed by atoms with van der Waals surface area (Å²) in [7, 11) is 1.74. The molecule has 0 atom stereocenters. The molecule has 1 N–H and O–H groups in total. The number of nitrogens with one attached hydrogen (secondary N) is 1. The Morgan fingerprint density at radius 2 is 2.00 bits per heavy atom. The predicted octanol–water partition coefficient (Wildman–Crippen LogP) is 3.23. The van der Waals surface area contributed by atoms with Crippen molar-refractivity contribution in [3.8, 4) is 5.75 Å². The van der Waals surface area contributed by atoms with Crippen molar-refractivity contribution in [2.75, 3.05) is 20.2 Å². The average Bonchev–Trinajstić information content (AvgIpc) is 2.33. The lowest BCUT2D eigenvalue weighted by molar-refractivity contribution is 0.408. The van der Waals surface area contributed by atoms with Crippen molar-refractivity contribution < 1.29 is 4.74 Å². The molecule has 2 nitrogen and oxygen atoms in total. The molecule has 3 heteroatoms. The molecule has 1 fully saturated rings. The second-order valence-corrected chi connectivity index (χ2v) is 5.21. The molecule has 1 aromatic rings. The monoisotopic (exact) mass is 283 g/mol. The lowest BCUT2D eigenvalue weighted by atomic mass is 9.89. The molecule has 0 aliphatic carbocycles. The zero-order valence-electron chi connectivity index (χ0n) is 9.85. The number of methoxy groups -OCH3 is 1. The maximum atomic E-state index is 5.41. The Balaban J connectivity index is 2.29. The fourth-order valence-electron chi connectivity index (χ4n) is 2.28. The van der Waals surface area contributed by atoms with Crippen LogP contribution in [0.5, 0.6) is 5.75 Å². The quantitative estimate of drug-likeness (QED) is 0.900. The number of rotatable bonds is 2. The molecule has 2 rings (SSSR count). The maximum Gasteiger partial charge on any atom is 0.123 e. The third kappa shape index (κ3) is 2.41. The van der Waals surface area contributed by atoms with Gasteiger partial charge in [0.1, 0.15) is 5.75 Å². The number of hydrogen-bond donors (Lipinski definition) is 1. The third-order valence-corrected chi connectivity index (χ3v) is 4.17. The average molecular weight is 284 g/mol. The van der Waals surface area contributed by atoms with Gasteiger partial charge in [0, 0.05) is 10.0 Å². The second-order valence-electron chi connectivity index (χ2n) is 4.35. The smallest absolute Gasteiger partial charge is 0.123 e. The van der Waals surface area contributed by atoms with Gasteiger partial charge in [-0.25, -0.2) is 0 Å². The van der Waals surface area contributed by atoms with Crippen molar-refractivity contribution in [1.29, 1.82) is 0 Å². The van der Waals surface area contributed by atoms with Gasteiger partial charge in [-0.05, 0) is 56.5 Å². The van der Waals surface area contributed by atoms with E-state index in [4.69, 9.17) is 4.74 Å². The van der Waals surface area contributed by atoms with Crippen molar-refractivity contribution >= 4 is 15.9 Å². The molecule has 0 bridgehead atoms. The highest BCUT2D eigenvalue weighted by atomic mass is 79.9. The SMILES string of the molecule is COc1cc(C2CCNCC2)cc(Br)c1C. The van der Waals surface area contributed by atoms with Gasteiger partial charge in [0.05, 0.1) is 7.11 Å². The number of hydrogen-bond acceptors (Lipinski definition) is 2. The molecule has 0 saturated carbocycles. The summed E-state index contributed by atoms with van der Waals surface area (Å²) in [5, 5.41) is 3.40. The predicted molar refractivity (Wildman–Crippen MR) is 70.3 cm³/mol. The molecular weight excluding hydrogens is 266 g/mol. The Kier molecular flexibility index (Phi) is 3.87. The standard InChI is InChI=1S/C13H18BrNO/c1-9-12(14)7-11(8-13(9)16-2)10-3-5-15-6-4-10/h7-8,10,15H,3-6H2,1-2H3.